The second kappa shape index (κ2) is 9.33. The number of nitrogens with two attached hydrogens (primary N) is 1. The van der Waals surface area contributed by atoms with E-state index in [9.17, 15) is 4.79 Å². The Morgan fingerprint density at radius 1 is 1.32 bits per heavy atom. The Hall–Kier alpha value is -0.850. The van der Waals surface area contributed by atoms with E-state index in [0.29, 0.717) is 31.8 Å². The standard InChI is InChI=1S/C16H33N3O3/c1-16(2,3)22-15(20)19(10-11-21-4)9-8-18-14-7-5-6-13(17)12-14/h13-14,18H,5-12,17H2,1-4H3. The Kier molecular flexibility index (Phi) is 8.14. The normalized spacial score (nSPS) is 22.4. The van der Waals surface area contributed by atoms with Crippen molar-refractivity contribution in [3.8, 4) is 0 Å². The summed E-state index contributed by atoms with van der Waals surface area (Å²) in [5, 5.41) is 3.51. The highest BCUT2D eigenvalue weighted by Gasteiger charge is 2.23. The first-order chi connectivity index (χ1) is 10.3. The fourth-order valence-corrected chi connectivity index (χ4v) is 2.64. The van der Waals surface area contributed by atoms with Gasteiger partial charge in [0.2, 0.25) is 0 Å². The van der Waals surface area contributed by atoms with Crippen molar-refractivity contribution in [3.05, 3.63) is 0 Å². The van der Waals surface area contributed by atoms with E-state index in [1.807, 2.05) is 20.8 Å². The molecule has 0 aromatic carbocycles. The van der Waals surface area contributed by atoms with Crippen molar-refractivity contribution >= 4 is 6.09 Å². The van der Waals surface area contributed by atoms with Gasteiger partial charge < -0.3 is 25.4 Å². The van der Waals surface area contributed by atoms with E-state index in [1.54, 1.807) is 12.0 Å². The van der Waals surface area contributed by atoms with Gasteiger partial charge >= 0.3 is 6.09 Å². The van der Waals surface area contributed by atoms with Crippen LogP contribution in [-0.2, 0) is 9.47 Å². The number of hydrogen-bond donors (Lipinski definition) is 2. The highest BCUT2D eigenvalue weighted by atomic mass is 16.6. The van der Waals surface area contributed by atoms with Crippen LogP contribution in [0, 0.1) is 0 Å². The Balaban J connectivity index is 2.38. The van der Waals surface area contributed by atoms with Gasteiger partial charge in [0.1, 0.15) is 5.60 Å². The number of nitrogens with zero attached hydrogens (tertiary/aromatic N) is 1. The van der Waals surface area contributed by atoms with Crippen LogP contribution in [0.5, 0.6) is 0 Å². The molecule has 1 saturated carbocycles. The number of methoxy groups -OCH3 is 1. The van der Waals surface area contributed by atoms with E-state index in [2.05, 4.69) is 5.32 Å². The molecular formula is C16H33N3O3. The van der Waals surface area contributed by atoms with Crippen LogP contribution in [0.1, 0.15) is 46.5 Å². The highest BCUT2D eigenvalue weighted by Crippen LogP contribution is 2.16. The summed E-state index contributed by atoms with van der Waals surface area (Å²) in [5.41, 5.74) is 5.52. The average Bonchev–Trinajstić information content (AvgIpc) is 2.40. The minimum atomic E-state index is -0.480. The van der Waals surface area contributed by atoms with Gasteiger partial charge in [-0.15, -0.1) is 0 Å². The molecule has 0 saturated heterocycles. The molecule has 0 aromatic rings. The van der Waals surface area contributed by atoms with Gasteiger partial charge in [0.15, 0.2) is 0 Å². The topological polar surface area (TPSA) is 76.8 Å². The summed E-state index contributed by atoms with van der Waals surface area (Å²) in [7, 11) is 1.63. The quantitative estimate of drug-likeness (QED) is 0.748. The minimum absolute atomic E-state index is 0.285. The van der Waals surface area contributed by atoms with E-state index >= 15 is 0 Å². The first-order valence-corrected chi connectivity index (χ1v) is 8.27. The third-order valence-corrected chi connectivity index (χ3v) is 3.75. The zero-order valence-corrected chi connectivity index (χ0v) is 14.6. The summed E-state index contributed by atoms with van der Waals surface area (Å²) in [5.74, 6) is 0. The Morgan fingerprint density at radius 2 is 2.05 bits per heavy atom. The van der Waals surface area contributed by atoms with E-state index < -0.39 is 5.60 Å². The van der Waals surface area contributed by atoms with E-state index in [-0.39, 0.29) is 6.09 Å². The first-order valence-electron chi connectivity index (χ1n) is 8.27. The fraction of sp³-hybridized carbons (Fsp3) is 0.938. The molecule has 1 amide bonds. The summed E-state index contributed by atoms with van der Waals surface area (Å²) in [6, 6.07) is 0.772. The molecule has 2 unspecified atom stereocenters. The minimum Gasteiger partial charge on any atom is -0.444 e. The zero-order chi connectivity index (χ0) is 16.6. The summed E-state index contributed by atoms with van der Waals surface area (Å²) in [6.07, 6.45) is 4.20. The molecule has 0 aliphatic heterocycles. The van der Waals surface area contributed by atoms with Crippen molar-refractivity contribution in [1.82, 2.24) is 10.2 Å². The molecule has 0 spiro atoms. The molecule has 3 N–H and O–H groups in total. The third kappa shape index (κ3) is 7.96. The molecule has 22 heavy (non-hydrogen) atoms. The molecule has 0 bridgehead atoms. The largest absolute Gasteiger partial charge is 0.444 e. The molecule has 0 radical (unpaired) electrons. The predicted molar refractivity (Wildman–Crippen MR) is 87.9 cm³/mol. The van der Waals surface area contributed by atoms with Crippen LogP contribution in [0.2, 0.25) is 0 Å². The molecule has 130 valence electrons. The second-order valence-electron chi connectivity index (χ2n) is 7.04. The smallest absolute Gasteiger partial charge is 0.410 e. The van der Waals surface area contributed by atoms with Gasteiger partial charge in [0, 0.05) is 38.8 Å². The molecular weight excluding hydrogens is 282 g/mol. The van der Waals surface area contributed by atoms with Gasteiger partial charge in [-0.05, 0) is 40.0 Å². The van der Waals surface area contributed by atoms with Crippen molar-refractivity contribution < 1.29 is 14.3 Å². The van der Waals surface area contributed by atoms with Crippen LogP contribution in [-0.4, -0.2) is 62.0 Å². The molecule has 2 atom stereocenters. The number of hydrogen-bond acceptors (Lipinski definition) is 5. The molecule has 1 rings (SSSR count). The van der Waals surface area contributed by atoms with Crippen LogP contribution in [0.3, 0.4) is 0 Å². The lowest BCUT2D eigenvalue weighted by molar-refractivity contribution is 0.0202. The fourth-order valence-electron chi connectivity index (χ4n) is 2.64. The van der Waals surface area contributed by atoms with Crippen molar-refractivity contribution in [2.24, 2.45) is 5.73 Å². The van der Waals surface area contributed by atoms with Crippen LogP contribution in [0.15, 0.2) is 0 Å². The lowest BCUT2D eigenvalue weighted by Gasteiger charge is -2.30. The number of nitrogens with one attached hydrogen (secondary N) is 1. The number of carbonyl (C=O) groups is 1. The van der Waals surface area contributed by atoms with Crippen LogP contribution < -0.4 is 11.1 Å². The Bertz CT molecular complexity index is 331. The summed E-state index contributed by atoms with van der Waals surface area (Å²) in [6.45, 7) is 8.04. The lowest BCUT2D eigenvalue weighted by Crippen LogP contribution is -2.45. The van der Waals surface area contributed by atoms with Gasteiger partial charge in [-0.2, -0.15) is 0 Å². The molecule has 1 aliphatic carbocycles. The maximum atomic E-state index is 12.2. The van der Waals surface area contributed by atoms with Gasteiger partial charge in [0.25, 0.3) is 0 Å². The molecule has 1 aliphatic rings. The maximum absolute atomic E-state index is 12.2. The van der Waals surface area contributed by atoms with Crippen molar-refractivity contribution in [1.29, 1.82) is 0 Å². The molecule has 6 heteroatoms. The highest BCUT2D eigenvalue weighted by molar-refractivity contribution is 5.68. The number of ether oxygens (including phenoxy) is 2. The summed E-state index contributed by atoms with van der Waals surface area (Å²) >= 11 is 0. The van der Waals surface area contributed by atoms with Crippen LogP contribution in [0.4, 0.5) is 4.79 Å². The number of carbonyl (C=O) groups excluding carboxylic acids is 1. The van der Waals surface area contributed by atoms with Gasteiger partial charge in [0.05, 0.1) is 6.61 Å². The Labute approximate surface area is 134 Å². The summed E-state index contributed by atoms with van der Waals surface area (Å²) < 4.78 is 10.5. The van der Waals surface area contributed by atoms with Crippen LogP contribution in [0.25, 0.3) is 0 Å². The van der Waals surface area contributed by atoms with Crippen molar-refractivity contribution in [3.63, 3.8) is 0 Å². The maximum Gasteiger partial charge on any atom is 0.410 e. The monoisotopic (exact) mass is 315 g/mol. The molecule has 0 heterocycles. The van der Waals surface area contributed by atoms with E-state index in [4.69, 9.17) is 15.2 Å². The van der Waals surface area contributed by atoms with Crippen molar-refractivity contribution in [2.45, 2.75) is 64.1 Å². The third-order valence-electron chi connectivity index (χ3n) is 3.75. The van der Waals surface area contributed by atoms with Gasteiger partial charge in [-0.1, -0.05) is 6.42 Å². The second-order valence-corrected chi connectivity index (χ2v) is 7.04. The molecule has 6 nitrogen and oxygen atoms in total. The average molecular weight is 315 g/mol. The number of amides is 1. The zero-order valence-electron chi connectivity index (χ0n) is 14.6. The number of rotatable bonds is 7. The van der Waals surface area contributed by atoms with Gasteiger partial charge in [-0.25, -0.2) is 4.79 Å². The SMILES string of the molecule is COCCN(CCNC1CCCC(N)C1)C(=O)OC(C)(C)C. The van der Waals surface area contributed by atoms with E-state index in [0.717, 1.165) is 25.8 Å². The molecule has 0 aromatic heterocycles. The lowest BCUT2D eigenvalue weighted by atomic mass is 9.92. The Morgan fingerprint density at radius 3 is 2.64 bits per heavy atom. The van der Waals surface area contributed by atoms with E-state index in [1.165, 1.54) is 6.42 Å². The predicted octanol–water partition coefficient (Wildman–Crippen LogP) is 1.73. The first kappa shape index (κ1) is 19.2. The van der Waals surface area contributed by atoms with Crippen LogP contribution >= 0.6 is 0 Å². The molecule has 1 fully saturated rings. The van der Waals surface area contributed by atoms with Gasteiger partial charge in [-0.3, -0.25) is 0 Å². The van der Waals surface area contributed by atoms with Crippen molar-refractivity contribution in [2.75, 3.05) is 33.4 Å². The summed E-state index contributed by atoms with van der Waals surface area (Å²) in [4.78, 5) is 13.9.